The molecule has 0 bridgehead atoms. The molecule has 1 fully saturated rings. The number of allylic oxidation sites excluding steroid dienone is 1. The van der Waals surface area contributed by atoms with E-state index in [9.17, 15) is 4.79 Å². The van der Waals surface area contributed by atoms with Gasteiger partial charge in [-0.15, -0.1) is 0 Å². The molecule has 0 aliphatic heterocycles. The van der Waals surface area contributed by atoms with Crippen LogP contribution in [0.15, 0.2) is 12.2 Å². The van der Waals surface area contributed by atoms with Crippen LogP contribution in [-0.2, 0) is 4.79 Å². The number of nitriles is 1. The molecule has 1 saturated carbocycles. The molecule has 1 aliphatic carbocycles. The molecule has 0 spiro atoms. The van der Waals surface area contributed by atoms with E-state index in [1.54, 1.807) is 12.2 Å². The van der Waals surface area contributed by atoms with E-state index in [2.05, 4.69) is 6.07 Å². The van der Waals surface area contributed by atoms with Gasteiger partial charge in [0.25, 0.3) is 0 Å². The van der Waals surface area contributed by atoms with Gasteiger partial charge in [0.05, 0.1) is 12.7 Å². The third-order valence-electron chi connectivity index (χ3n) is 2.49. The summed E-state index contributed by atoms with van der Waals surface area (Å²) in [6.07, 6.45) is 5.75. The van der Waals surface area contributed by atoms with Crippen LogP contribution in [0.4, 0.5) is 0 Å². The number of hydrogen-bond donors (Lipinski definition) is 1. The lowest BCUT2D eigenvalue weighted by Crippen LogP contribution is -2.22. The Balaban J connectivity index is 2.66. The Bertz CT molecular complexity index is 265. The first-order chi connectivity index (χ1) is 6.25. The second kappa shape index (κ2) is 4.20. The highest BCUT2D eigenvalue weighted by atomic mass is 16.2. The van der Waals surface area contributed by atoms with Crippen molar-refractivity contribution in [1.29, 1.82) is 5.26 Å². The van der Waals surface area contributed by atoms with Gasteiger partial charge in [0.1, 0.15) is 5.41 Å². The molecular weight excluding hydrogens is 166 g/mol. The number of carbonyl (C=O) groups excluding carboxylic acids is 1. The number of ketones is 1. The lowest BCUT2D eigenvalue weighted by Gasteiger charge is -2.15. The van der Waals surface area contributed by atoms with Crippen LogP contribution in [0.2, 0.25) is 0 Å². The topological polar surface area (TPSA) is 61.1 Å². The van der Waals surface area contributed by atoms with Crippen molar-refractivity contribution in [3.8, 4) is 6.07 Å². The Morgan fingerprint density at radius 2 is 2.38 bits per heavy atom. The lowest BCUT2D eigenvalue weighted by molar-refractivity contribution is -0.123. The zero-order chi connectivity index (χ0) is 9.73. The number of aliphatic hydroxyl groups is 1. The minimum atomic E-state index is -0.786. The van der Waals surface area contributed by atoms with Crippen LogP contribution >= 0.6 is 0 Å². The monoisotopic (exact) mass is 179 g/mol. The number of Topliss-reactive ketones (excluding diaryl/α,β-unsaturated/α-hetero) is 1. The first kappa shape index (κ1) is 9.94. The summed E-state index contributed by atoms with van der Waals surface area (Å²) in [7, 11) is 0. The third kappa shape index (κ3) is 1.96. The van der Waals surface area contributed by atoms with Crippen molar-refractivity contribution < 1.29 is 9.90 Å². The van der Waals surface area contributed by atoms with E-state index in [0.29, 0.717) is 19.3 Å². The molecule has 3 heteroatoms. The van der Waals surface area contributed by atoms with E-state index in [-0.39, 0.29) is 12.4 Å². The SMILES string of the molecule is N#CC1(C/C=C/CO)CCCC1=O. The molecular formula is C10H13NO2. The summed E-state index contributed by atoms with van der Waals surface area (Å²) < 4.78 is 0. The number of nitrogens with zero attached hydrogens (tertiary/aromatic N) is 1. The summed E-state index contributed by atoms with van der Waals surface area (Å²) in [4.78, 5) is 11.4. The normalized spacial score (nSPS) is 28.2. The van der Waals surface area contributed by atoms with E-state index < -0.39 is 5.41 Å². The molecule has 0 aromatic carbocycles. The molecule has 0 aromatic rings. The molecule has 1 N–H and O–H groups in total. The van der Waals surface area contributed by atoms with Gasteiger partial charge in [0.2, 0.25) is 0 Å². The molecule has 1 atom stereocenters. The van der Waals surface area contributed by atoms with Crippen LogP contribution in [-0.4, -0.2) is 17.5 Å². The van der Waals surface area contributed by atoms with Crippen LogP contribution in [0, 0.1) is 16.7 Å². The van der Waals surface area contributed by atoms with Gasteiger partial charge >= 0.3 is 0 Å². The standard InChI is InChI=1S/C10H13NO2/c11-8-10(5-1-2-7-12)6-3-4-9(10)13/h1-2,12H,3-7H2/b2-1+. The molecule has 1 unspecified atom stereocenters. The second-order valence-corrected chi connectivity index (χ2v) is 3.33. The fourth-order valence-corrected chi connectivity index (χ4v) is 1.67. The van der Waals surface area contributed by atoms with E-state index in [0.717, 1.165) is 6.42 Å². The van der Waals surface area contributed by atoms with Gasteiger partial charge in [0.15, 0.2) is 5.78 Å². The summed E-state index contributed by atoms with van der Waals surface area (Å²) in [6, 6.07) is 2.10. The molecule has 1 rings (SSSR count). The van der Waals surface area contributed by atoms with E-state index in [4.69, 9.17) is 10.4 Å². The van der Waals surface area contributed by atoms with Crippen molar-refractivity contribution in [1.82, 2.24) is 0 Å². The molecule has 3 nitrogen and oxygen atoms in total. The van der Waals surface area contributed by atoms with Crippen LogP contribution in [0.1, 0.15) is 25.7 Å². The maximum absolute atomic E-state index is 11.4. The Morgan fingerprint density at radius 1 is 1.62 bits per heavy atom. The van der Waals surface area contributed by atoms with Gasteiger partial charge in [-0.05, 0) is 19.3 Å². The van der Waals surface area contributed by atoms with Crippen molar-refractivity contribution in [2.75, 3.05) is 6.61 Å². The van der Waals surface area contributed by atoms with Crippen LogP contribution < -0.4 is 0 Å². The summed E-state index contributed by atoms with van der Waals surface area (Å²) in [5, 5.41) is 17.4. The predicted molar refractivity (Wildman–Crippen MR) is 47.7 cm³/mol. The number of rotatable bonds is 3. The zero-order valence-electron chi connectivity index (χ0n) is 7.49. The zero-order valence-corrected chi connectivity index (χ0v) is 7.49. The number of hydrogen-bond acceptors (Lipinski definition) is 3. The average molecular weight is 179 g/mol. The fraction of sp³-hybridized carbons (Fsp3) is 0.600. The van der Waals surface area contributed by atoms with Gasteiger partial charge < -0.3 is 5.11 Å². The largest absolute Gasteiger partial charge is 0.392 e. The van der Waals surface area contributed by atoms with Crippen LogP contribution in [0.5, 0.6) is 0 Å². The van der Waals surface area contributed by atoms with Crippen LogP contribution in [0.3, 0.4) is 0 Å². The smallest absolute Gasteiger partial charge is 0.153 e. The van der Waals surface area contributed by atoms with Gasteiger partial charge in [-0.1, -0.05) is 12.2 Å². The molecule has 0 heterocycles. The molecule has 1 aliphatic rings. The summed E-state index contributed by atoms with van der Waals surface area (Å²) in [6.45, 7) is -0.0320. The number of aliphatic hydroxyl groups excluding tert-OH is 1. The number of carbonyl (C=O) groups is 1. The van der Waals surface area contributed by atoms with Crippen molar-refractivity contribution >= 4 is 5.78 Å². The average Bonchev–Trinajstić information content (AvgIpc) is 2.49. The summed E-state index contributed by atoms with van der Waals surface area (Å²) >= 11 is 0. The maximum atomic E-state index is 11.4. The predicted octanol–water partition coefficient (Wildman–Crippen LogP) is 1.19. The first-order valence-corrected chi connectivity index (χ1v) is 4.45. The van der Waals surface area contributed by atoms with E-state index in [1.807, 2.05) is 0 Å². The third-order valence-corrected chi connectivity index (χ3v) is 2.49. The highest BCUT2D eigenvalue weighted by molar-refractivity contribution is 5.89. The molecule has 0 aromatic heterocycles. The Labute approximate surface area is 77.7 Å². The molecule has 13 heavy (non-hydrogen) atoms. The van der Waals surface area contributed by atoms with Crippen LogP contribution in [0.25, 0.3) is 0 Å². The lowest BCUT2D eigenvalue weighted by atomic mass is 9.83. The Morgan fingerprint density at radius 3 is 2.85 bits per heavy atom. The van der Waals surface area contributed by atoms with Gasteiger partial charge in [-0.2, -0.15) is 5.26 Å². The first-order valence-electron chi connectivity index (χ1n) is 4.45. The van der Waals surface area contributed by atoms with Crippen molar-refractivity contribution in [2.24, 2.45) is 5.41 Å². The van der Waals surface area contributed by atoms with Crippen molar-refractivity contribution in [3.05, 3.63) is 12.2 Å². The molecule has 0 saturated heterocycles. The highest BCUT2D eigenvalue weighted by Crippen LogP contribution is 2.37. The van der Waals surface area contributed by atoms with Crippen molar-refractivity contribution in [2.45, 2.75) is 25.7 Å². The van der Waals surface area contributed by atoms with Gasteiger partial charge in [0, 0.05) is 6.42 Å². The minimum Gasteiger partial charge on any atom is -0.392 e. The van der Waals surface area contributed by atoms with Gasteiger partial charge in [-0.3, -0.25) is 4.79 Å². The quantitative estimate of drug-likeness (QED) is 0.662. The van der Waals surface area contributed by atoms with E-state index >= 15 is 0 Å². The van der Waals surface area contributed by atoms with Gasteiger partial charge in [-0.25, -0.2) is 0 Å². The van der Waals surface area contributed by atoms with Crippen molar-refractivity contribution in [3.63, 3.8) is 0 Å². The Kier molecular flexibility index (Phi) is 3.21. The second-order valence-electron chi connectivity index (χ2n) is 3.33. The summed E-state index contributed by atoms with van der Waals surface area (Å²) in [5.41, 5.74) is -0.786. The molecule has 0 amide bonds. The maximum Gasteiger partial charge on any atom is 0.153 e. The Hall–Kier alpha value is -1.14. The van der Waals surface area contributed by atoms with E-state index in [1.165, 1.54) is 0 Å². The summed E-state index contributed by atoms with van der Waals surface area (Å²) in [5.74, 6) is 0.0533. The minimum absolute atomic E-state index is 0.0320. The fourth-order valence-electron chi connectivity index (χ4n) is 1.67. The highest BCUT2D eigenvalue weighted by Gasteiger charge is 2.40. The molecule has 0 radical (unpaired) electrons. The molecule has 70 valence electrons.